The third-order valence-electron chi connectivity index (χ3n) is 13.3. The van der Waals surface area contributed by atoms with Crippen LogP contribution in [0.4, 0.5) is 0 Å². The molecule has 0 aromatic carbocycles. The van der Waals surface area contributed by atoms with E-state index in [0.29, 0.717) is 5.92 Å². The minimum absolute atomic E-state index is 0.0514. The number of rotatable bonds is 6. The van der Waals surface area contributed by atoms with E-state index in [4.69, 9.17) is 9.47 Å². The molecule has 42 heavy (non-hydrogen) atoms. The molecule has 1 saturated heterocycles. The van der Waals surface area contributed by atoms with Crippen LogP contribution in [-0.4, -0.2) is 75.1 Å². The molecule has 0 aromatic rings. The van der Waals surface area contributed by atoms with E-state index in [1.165, 1.54) is 11.1 Å². The Kier molecular flexibility index (Phi) is 8.71. The van der Waals surface area contributed by atoms with Gasteiger partial charge >= 0.3 is 0 Å². The van der Waals surface area contributed by atoms with E-state index in [1.807, 2.05) is 0 Å². The predicted molar refractivity (Wildman–Crippen MR) is 162 cm³/mol. The van der Waals surface area contributed by atoms with E-state index >= 15 is 0 Å². The fraction of sp³-hybridized carbons (Fsp3) is 0.886. The number of ether oxygens (including phenoxy) is 2. The zero-order chi connectivity index (χ0) is 31.0. The molecule has 14 atom stereocenters. The third-order valence-corrected chi connectivity index (χ3v) is 13.3. The lowest BCUT2D eigenvalue weighted by Gasteiger charge is -2.67. The molecule has 7 heteroatoms. The Morgan fingerprint density at radius 1 is 0.976 bits per heavy atom. The fourth-order valence-electron chi connectivity index (χ4n) is 11.0. The fourth-order valence-corrected chi connectivity index (χ4v) is 11.0. The topological polar surface area (TPSA) is 120 Å². The van der Waals surface area contributed by atoms with Crippen LogP contribution >= 0.6 is 0 Å². The van der Waals surface area contributed by atoms with E-state index in [0.717, 1.165) is 44.9 Å². The van der Waals surface area contributed by atoms with Crippen LogP contribution in [-0.2, 0) is 9.47 Å². The normalized spacial score (nSPS) is 50.6. The van der Waals surface area contributed by atoms with Crippen molar-refractivity contribution in [2.24, 2.45) is 45.3 Å². The van der Waals surface area contributed by atoms with Crippen molar-refractivity contribution in [3.8, 4) is 0 Å². The summed E-state index contributed by atoms with van der Waals surface area (Å²) in [5.74, 6) is 0.960. The lowest BCUT2D eigenvalue weighted by atomic mass is 9.38. The lowest BCUT2D eigenvalue weighted by Crippen LogP contribution is -2.63. The van der Waals surface area contributed by atoms with Crippen molar-refractivity contribution in [3.63, 3.8) is 0 Å². The summed E-state index contributed by atoms with van der Waals surface area (Å²) < 4.78 is 11.9. The summed E-state index contributed by atoms with van der Waals surface area (Å²) in [6, 6.07) is 0. The molecular formula is C35H58O7. The van der Waals surface area contributed by atoms with Gasteiger partial charge in [0, 0.05) is 11.3 Å². The maximum atomic E-state index is 12.1. The van der Waals surface area contributed by atoms with E-state index in [1.54, 1.807) is 0 Å². The molecular weight excluding hydrogens is 532 g/mol. The zero-order valence-corrected chi connectivity index (χ0v) is 27.2. The molecule has 0 spiro atoms. The highest BCUT2D eigenvalue weighted by atomic mass is 16.7. The highest BCUT2D eigenvalue weighted by molar-refractivity contribution is 5.33. The average molecular weight is 591 g/mol. The van der Waals surface area contributed by atoms with Crippen molar-refractivity contribution in [3.05, 3.63) is 23.3 Å². The molecule has 3 saturated carbocycles. The minimum atomic E-state index is -1.32. The van der Waals surface area contributed by atoms with Crippen LogP contribution in [0.25, 0.3) is 0 Å². The van der Waals surface area contributed by atoms with Crippen LogP contribution in [0.5, 0.6) is 0 Å². The molecule has 1 heterocycles. The van der Waals surface area contributed by atoms with Crippen LogP contribution in [0.1, 0.15) is 100 Å². The van der Waals surface area contributed by atoms with Crippen molar-refractivity contribution in [2.75, 3.05) is 6.61 Å². The second kappa shape index (κ2) is 11.2. The van der Waals surface area contributed by atoms with Crippen LogP contribution in [0.15, 0.2) is 23.3 Å². The molecule has 2 unspecified atom stereocenters. The number of hydrogen-bond acceptors (Lipinski definition) is 7. The number of aliphatic hydroxyl groups excluding tert-OH is 5. The van der Waals surface area contributed by atoms with Gasteiger partial charge in [-0.3, -0.25) is 0 Å². The van der Waals surface area contributed by atoms with E-state index in [-0.39, 0.29) is 52.8 Å². The van der Waals surface area contributed by atoms with Gasteiger partial charge in [-0.1, -0.05) is 64.8 Å². The Hall–Kier alpha value is -0.800. The number of fused-ring (bicyclic) bond motifs is 5. The Bertz CT molecular complexity index is 1070. The summed E-state index contributed by atoms with van der Waals surface area (Å²) in [6.07, 6.45) is 4.98. The monoisotopic (exact) mass is 590 g/mol. The van der Waals surface area contributed by atoms with Gasteiger partial charge in [0.05, 0.1) is 24.9 Å². The van der Waals surface area contributed by atoms with Crippen LogP contribution < -0.4 is 0 Å². The molecule has 0 aromatic heterocycles. The SMILES string of the molecule is CC(C)=CCC[C@@H](C)[C@H]1[C@H](O)C[C@@]2(C)C3[C@H](O)C=C4[C@H](CCC(O[C@@H]5OC[C@@H](O)[C@H](O)[C@H]5O)C4(C)C)[C@@]3(C)CC[C@]12C. The van der Waals surface area contributed by atoms with Crippen LogP contribution in [0, 0.1) is 45.3 Å². The maximum Gasteiger partial charge on any atom is 0.186 e. The van der Waals surface area contributed by atoms with Gasteiger partial charge in [-0.05, 0) is 92.8 Å². The van der Waals surface area contributed by atoms with Crippen molar-refractivity contribution in [2.45, 2.75) is 143 Å². The highest BCUT2D eigenvalue weighted by Crippen LogP contribution is 2.75. The van der Waals surface area contributed by atoms with Crippen molar-refractivity contribution in [1.29, 1.82) is 0 Å². The van der Waals surface area contributed by atoms with Crippen LogP contribution in [0.3, 0.4) is 0 Å². The third kappa shape index (κ3) is 4.89. The summed E-state index contributed by atoms with van der Waals surface area (Å²) in [6.45, 7) is 18.0. The number of aliphatic hydroxyl groups is 5. The Balaban J connectivity index is 1.42. The van der Waals surface area contributed by atoms with Gasteiger partial charge in [0.25, 0.3) is 0 Å². The van der Waals surface area contributed by atoms with Gasteiger partial charge in [-0.2, -0.15) is 0 Å². The van der Waals surface area contributed by atoms with E-state index in [2.05, 4.69) is 67.5 Å². The Morgan fingerprint density at radius 3 is 2.33 bits per heavy atom. The quantitative estimate of drug-likeness (QED) is 0.284. The largest absolute Gasteiger partial charge is 0.393 e. The molecule has 0 amide bonds. The lowest BCUT2D eigenvalue weighted by molar-refractivity contribution is -0.294. The molecule has 5 N–H and O–H groups in total. The zero-order valence-electron chi connectivity index (χ0n) is 27.2. The van der Waals surface area contributed by atoms with Gasteiger partial charge in [-0.15, -0.1) is 0 Å². The first-order valence-corrected chi connectivity index (χ1v) is 16.5. The van der Waals surface area contributed by atoms with Gasteiger partial charge in [0.2, 0.25) is 0 Å². The van der Waals surface area contributed by atoms with Crippen molar-refractivity contribution in [1.82, 2.24) is 0 Å². The van der Waals surface area contributed by atoms with Crippen molar-refractivity contribution < 1.29 is 35.0 Å². The second-order valence-electron chi connectivity index (χ2n) is 16.3. The average Bonchev–Trinajstić information content (AvgIpc) is 3.10. The minimum Gasteiger partial charge on any atom is -0.393 e. The molecule has 5 aliphatic rings. The first kappa shape index (κ1) is 32.6. The molecule has 4 fully saturated rings. The molecule has 1 aliphatic heterocycles. The van der Waals surface area contributed by atoms with Gasteiger partial charge in [0.15, 0.2) is 6.29 Å². The highest BCUT2D eigenvalue weighted by Gasteiger charge is 2.71. The molecule has 7 nitrogen and oxygen atoms in total. The first-order valence-electron chi connectivity index (χ1n) is 16.5. The Labute approximate surface area is 253 Å². The predicted octanol–water partition coefficient (Wildman–Crippen LogP) is 4.74. The van der Waals surface area contributed by atoms with Gasteiger partial charge < -0.3 is 35.0 Å². The molecule has 5 rings (SSSR count). The molecule has 240 valence electrons. The maximum absolute atomic E-state index is 12.1. The van der Waals surface area contributed by atoms with Crippen LogP contribution in [0.2, 0.25) is 0 Å². The van der Waals surface area contributed by atoms with E-state index in [9.17, 15) is 25.5 Å². The van der Waals surface area contributed by atoms with E-state index < -0.39 is 36.1 Å². The van der Waals surface area contributed by atoms with Crippen molar-refractivity contribution >= 4 is 0 Å². The first-order chi connectivity index (χ1) is 19.5. The number of allylic oxidation sites excluding steroid dienone is 2. The Morgan fingerprint density at radius 2 is 1.67 bits per heavy atom. The molecule has 4 aliphatic carbocycles. The number of hydrogen-bond donors (Lipinski definition) is 5. The molecule has 0 radical (unpaired) electrons. The summed E-state index contributed by atoms with van der Waals surface area (Å²) in [5.41, 5.74) is 1.79. The standard InChI is InChI=1S/C35H58O7/c1-19(2)10-9-11-20(3)27-24(37)17-35(8)30-23(36)16-22-21(33(30,6)14-15-34(27,35)7)12-13-26(32(22,4)5)42-31-29(40)28(39)25(38)18-41-31/h10,16,20-21,23-31,36-40H,9,11-15,17-18H2,1-8H3/t20-,21+,23-,24-,25-,26?,27+,28+,29-,30?,31+,33-,34-,35+/m1/s1. The summed E-state index contributed by atoms with van der Waals surface area (Å²) in [4.78, 5) is 0. The summed E-state index contributed by atoms with van der Waals surface area (Å²) >= 11 is 0. The smallest absolute Gasteiger partial charge is 0.186 e. The summed E-state index contributed by atoms with van der Waals surface area (Å²) in [5, 5.41) is 54.3. The van der Waals surface area contributed by atoms with Gasteiger partial charge in [0.1, 0.15) is 18.3 Å². The van der Waals surface area contributed by atoms with Gasteiger partial charge in [-0.25, -0.2) is 0 Å². The molecule has 0 bridgehead atoms. The summed E-state index contributed by atoms with van der Waals surface area (Å²) in [7, 11) is 0. The second-order valence-corrected chi connectivity index (χ2v) is 16.3.